The van der Waals surface area contributed by atoms with Crippen LogP contribution in [0.25, 0.3) is 0 Å². The van der Waals surface area contributed by atoms with Crippen LogP contribution in [0.2, 0.25) is 0 Å². The van der Waals surface area contributed by atoms with Crippen molar-refractivity contribution in [3.63, 3.8) is 0 Å². The van der Waals surface area contributed by atoms with Crippen LogP contribution in [-0.4, -0.2) is 36.4 Å². The van der Waals surface area contributed by atoms with Gasteiger partial charge in [-0.3, -0.25) is 0 Å². The maximum Gasteiger partial charge on any atom is 0.345 e. The number of aliphatic hydroxyl groups excluding tert-OH is 1. The number of fused-ring (bicyclic) bond motifs is 4. The zero-order valence-corrected chi connectivity index (χ0v) is 26.0. The summed E-state index contributed by atoms with van der Waals surface area (Å²) in [5.74, 6) is 0.498. The van der Waals surface area contributed by atoms with Crippen LogP contribution in [0.3, 0.4) is 0 Å². The predicted octanol–water partition coefficient (Wildman–Crippen LogP) is 7.57. The van der Waals surface area contributed by atoms with Crippen molar-refractivity contribution in [2.75, 3.05) is 13.2 Å². The Morgan fingerprint density at radius 3 is 2.18 bits per heavy atom. The SMILES string of the molecule is CCOC(=O)C(=CCC[C@@H](C)[C@H]1CC[C@@]2(C)C3=C(CC[C@]12C)[C@@]1(C)CC[C@H](O)C(C)(C)[C@@H]1CC3)C(=O)OCC. The third-order valence-corrected chi connectivity index (χ3v) is 12.4. The summed E-state index contributed by atoms with van der Waals surface area (Å²) in [4.78, 5) is 24.8. The molecule has 0 unspecified atom stereocenters. The van der Waals surface area contributed by atoms with Crippen molar-refractivity contribution in [2.24, 2.45) is 39.4 Å². The van der Waals surface area contributed by atoms with Gasteiger partial charge < -0.3 is 14.6 Å². The normalized spacial score (nSPS) is 37.7. The first kappa shape index (κ1) is 30.3. The monoisotopic (exact) mass is 542 g/mol. The van der Waals surface area contributed by atoms with Gasteiger partial charge in [-0.05, 0) is 117 Å². The highest BCUT2D eigenvalue weighted by atomic mass is 16.6. The highest BCUT2D eigenvalue weighted by Gasteiger charge is 2.63. The number of allylic oxidation sites excluding steroid dienone is 3. The minimum atomic E-state index is -0.585. The van der Waals surface area contributed by atoms with E-state index >= 15 is 0 Å². The molecule has 2 fully saturated rings. The standard InChI is InChI=1S/C34H54O5/c1-9-38-29(36)23(30(37)39-10-2)13-11-12-22(3)24-16-20-34(8)26-14-15-27-31(4,5)28(35)18-19-32(27,6)25(26)17-21-33(24,34)7/h13,22,24,27-28,35H,9-12,14-21H2,1-8H3/t22-,24-,27+,28+,32-,33-,34+/m1/s1. The molecule has 0 aromatic rings. The smallest absolute Gasteiger partial charge is 0.345 e. The van der Waals surface area contributed by atoms with Crippen LogP contribution in [-0.2, 0) is 19.1 Å². The van der Waals surface area contributed by atoms with Crippen LogP contribution in [0, 0.1) is 39.4 Å². The molecule has 0 aliphatic heterocycles. The van der Waals surface area contributed by atoms with Gasteiger partial charge in [-0.15, -0.1) is 0 Å². The van der Waals surface area contributed by atoms with E-state index in [0.717, 1.165) is 19.3 Å². The number of hydrogen-bond acceptors (Lipinski definition) is 5. The zero-order valence-electron chi connectivity index (χ0n) is 26.0. The van der Waals surface area contributed by atoms with Gasteiger partial charge >= 0.3 is 11.9 Å². The topological polar surface area (TPSA) is 72.8 Å². The van der Waals surface area contributed by atoms with Crippen LogP contribution >= 0.6 is 0 Å². The molecule has 1 N–H and O–H groups in total. The van der Waals surface area contributed by atoms with E-state index in [1.165, 1.54) is 38.5 Å². The maximum atomic E-state index is 12.4. The van der Waals surface area contributed by atoms with E-state index < -0.39 is 11.9 Å². The van der Waals surface area contributed by atoms with Gasteiger partial charge in [0.15, 0.2) is 0 Å². The molecule has 0 aromatic heterocycles. The van der Waals surface area contributed by atoms with E-state index in [1.807, 2.05) is 0 Å². The molecule has 39 heavy (non-hydrogen) atoms. The number of carbonyl (C=O) groups excluding carboxylic acids is 2. The van der Waals surface area contributed by atoms with Crippen molar-refractivity contribution < 1.29 is 24.2 Å². The lowest BCUT2D eigenvalue weighted by Crippen LogP contribution is -2.55. The first-order valence-electron chi connectivity index (χ1n) is 15.7. The fraction of sp³-hybridized carbons (Fsp3) is 0.824. The number of esters is 2. The Balaban J connectivity index is 1.54. The Hall–Kier alpha value is -1.62. The minimum Gasteiger partial charge on any atom is -0.462 e. The number of ether oxygens (including phenoxy) is 2. The Morgan fingerprint density at radius 2 is 1.56 bits per heavy atom. The van der Waals surface area contributed by atoms with E-state index in [-0.39, 0.29) is 46.6 Å². The average molecular weight is 543 g/mol. The summed E-state index contributed by atoms with van der Waals surface area (Å²) in [5.41, 5.74) is 4.22. The fourth-order valence-electron chi connectivity index (χ4n) is 9.99. The van der Waals surface area contributed by atoms with Crippen LogP contribution in [0.1, 0.15) is 120 Å². The van der Waals surface area contributed by atoms with Crippen LogP contribution in [0.4, 0.5) is 0 Å². The van der Waals surface area contributed by atoms with Gasteiger partial charge in [-0.2, -0.15) is 0 Å². The summed E-state index contributed by atoms with van der Waals surface area (Å²) in [5, 5.41) is 10.9. The van der Waals surface area contributed by atoms with Crippen LogP contribution in [0.5, 0.6) is 0 Å². The number of aliphatic hydroxyl groups is 1. The van der Waals surface area contributed by atoms with Gasteiger partial charge in [0.05, 0.1) is 19.3 Å². The van der Waals surface area contributed by atoms with Crippen LogP contribution < -0.4 is 0 Å². The van der Waals surface area contributed by atoms with Crippen molar-refractivity contribution in [3.8, 4) is 0 Å². The van der Waals surface area contributed by atoms with Gasteiger partial charge in [0.1, 0.15) is 5.57 Å². The molecule has 4 aliphatic rings. The van der Waals surface area contributed by atoms with Gasteiger partial charge in [0.2, 0.25) is 0 Å². The molecule has 220 valence electrons. The molecule has 4 rings (SSSR count). The Labute approximate surface area is 237 Å². The van der Waals surface area contributed by atoms with E-state index in [9.17, 15) is 14.7 Å². The first-order valence-corrected chi connectivity index (χ1v) is 15.7. The largest absolute Gasteiger partial charge is 0.462 e. The highest BCUT2D eigenvalue weighted by molar-refractivity contribution is 6.14. The Kier molecular flexibility index (Phi) is 8.55. The molecular formula is C34H54O5. The summed E-state index contributed by atoms with van der Waals surface area (Å²) in [7, 11) is 0. The lowest BCUT2D eigenvalue weighted by Gasteiger charge is -2.62. The summed E-state index contributed by atoms with van der Waals surface area (Å²) in [6.07, 6.45) is 12.5. The lowest BCUT2D eigenvalue weighted by molar-refractivity contribution is -0.146. The number of carbonyl (C=O) groups is 2. The summed E-state index contributed by atoms with van der Waals surface area (Å²) >= 11 is 0. The van der Waals surface area contributed by atoms with Gasteiger partial charge in [-0.25, -0.2) is 9.59 Å². The summed E-state index contributed by atoms with van der Waals surface area (Å²) < 4.78 is 10.2. The molecular weight excluding hydrogens is 488 g/mol. The molecule has 0 spiro atoms. The predicted molar refractivity (Wildman–Crippen MR) is 155 cm³/mol. The fourth-order valence-corrected chi connectivity index (χ4v) is 9.99. The van der Waals surface area contributed by atoms with Crippen LogP contribution in [0.15, 0.2) is 22.8 Å². The number of rotatable bonds is 8. The molecule has 0 heterocycles. The third kappa shape index (κ3) is 4.83. The zero-order chi connectivity index (χ0) is 28.8. The molecule has 0 aromatic carbocycles. The lowest BCUT2D eigenvalue weighted by atomic mass is 9.43. The van der Waals surface area contributed by atoms with Gasteiger partial charge in [0, 0.05) is 0 Å². The van der Waals surface area contributed by atoms with Crippen molar-refractivity contribution in [2.45, 2.75) is 126 Å². The van der Waals surface area contributed by atoms with Crippen molar-refractivity contribution in [3.05, 3.63) is 22.8 Å². The molecule has 0 radical (unpaired) electrons. The average Bonchev–Trinajstić information content (AvgIpc) is 3.16. The Morgan fingerprint density at radius 1 is 0.923 bits per heavy atom. The molecule has 5 heteroatoms. The molecule has 0 amide bonds. The van der Waals surface area contributed by atoms with E-state index in [1.54, 1.807) is 31.1 Å². The molecule has 2 saturated carbocycles. The second kappa shape index (κ2) is 11.0. The van der Waals surface area contributed by atoms with E-state index in [0.29, 0.717) is 24.2 Å². The first-order chi connectivity index (χ1) is 18.3. The molecule has 4 aliphatic carbocycles. The molecule has 7 atom stereocenters. The summed E-state index contributed by atoms with van der Waals surface area (Å²) in [6.45, 7) is 18.6. The van der Waals surface area contributed by atoms with E-state index in [2.05, 4.69) is 41.5 Å². The van der Waals surface area contributed by atoms with Crippen molar-refractivity contribution in [1.82, 2.24) is 0 Å². The second-order valence-corrected chi connectivity index (χ2v) is 14.3. The molecule has 0 saturated heterocycles. The third-order valence-electron chi connectivity index (χ3n) is 12.4. The Bertz CT molecular complexity index is 1000. The quantitative estimate of drug-likeness (QED) is 0.113. The molecule has 5 nitrogen and oxygen atoms in total. The van der Waals surface area contributed by atoms with E-state index in [4.69, 9.17) is 9.47 Å². The molecule has 0 bridgehead atoms. The second-order valence-electron chi connectivity index (χ2n) is 14.3. The van der Waals surface area contributed by atoms with Gasteiger partial charge in [-0.1, -0.05) is 58.8 Å². The highest BCUT2D eigenvalue weighted by Crippen LogP contribution is 2.72. The van der Waals surface area contributed by atoms with Crippen molar-refractivity contribution >= 4 is 11.9 Å². The maximum absolute atomic E-state index is 12.4. The van der Waals surface area contributed by atoms with Gasteiger partial charge in [0.25, 0.3) is 0 Å². The minimum absolute atomic E-state index is 0.0284. The number of hydrogen-bond donors (Lipinski definition) is 1. The van der Waals surface area contributed by atoms with Crippen molar-refractivity contribution in [1.29, 1.82) is 0 Å². The summed E-state index contributed by atoms with van der Waals surface area (Å²) in [6, 6.07) is 0.